The Balaban J connectivity index is 1.47. The Hall–Kier alpha value is -2.73. The van der Waals surface area contributed by atoms with Gasteiger partial charge in [-0.15, -0.1) is 11.3 Å². The highest BCUT2D eigenvalue weighted by Gasteiger charge is 2.16. The maximum atomic E-state index is 13.8. The Bertz CT molecular complexity index is 938. The van der Waals surface area contributed by atoms with Crippen LogP contribution in [0.3, 0.4) is 0 Å². The number of amides is 1. The maximum absolute atomic E-state index is 13.8. The van der Waals surface area contributed by atoms with Gasteiger partial charge >= 0.3 is 0 Å². The molecule has 0 radical (unpaired) electrons. The molecule has 1 aliphatic rings. The predicted octanol–water partition coefficient (Wildman–Crippen LogP) is 3.85. The average Bonchev–Trinajstić information content (AvgIpc) is 3.09. The minimum atomic E-state index is -0.260. The van der Waals surface area contributed by atoms with Gasteiger partial charge < -0.3 is 10.6 Å². The van der Waals surface area contributed by atoms with Crippen molar-refractivity contribution in [1.29, 1.82) is 0 Å². The molecular formula is C19H16FN3OS. The molecule has 1 amide bonds. The van der Waals surface area contributed by atoms with E-state index in [4.69, 9.17) is 0 Å². The summed E-state index contributed by atoms with van der Waals surface area (Å²) in [5.74, 6) is -0.269. The van der Waals surface area contributed by atoms with Crippen LogP contribution in [0.1, 0.15) is 20.8 Å². The monoisotopic (exact) mass is 353 g/mol. The van der Waals surface area contributed by atoms with Crippen LogP contribution in [0.2, 0.25) is 0 Å². The zero-order valence-corrected chi connectivity index (χ0v) is 14.2. The van der Waals surface area contributed by atoms with Crippen LogP contribution in [0.25, 0.3) is 10.6 Å². The number of halogens is 1. The number of anilines is 1. The molecule has 2 aromatic carbocycles. The quantitative estimate of drug-likeness (QED) is 0.749. The molecule has 0 aliphatic carbocycles. The summed E-state index contributed by atoms with van der Waals surface area (Å²) in [6, 6.07) is 12.4. The summed E-state index contributed by atoms with van der Waals surface area (Å²) in [6.07, 6.45) is 2.61. The molecule has 4 rings (SSSR count). The molecule has 0 bridgehead atoms. The summed E-state index contributed by atoms with van der Waals surface area (Å²) in [5.41, 5.74) is 3.30. The van der Waals surface area contributed by atoms with Crippen molar-refractivity contribution in [3.8, 4) is 10.6 Å². The first-order chi connectivity index (χ1) is 12.2. The Morgan fingerprint density at radius 2 is 2.08 bits per heavy atom. The lowest BCUT2D eigenvalue weighted by molar-refractivity contribution is 0.0946. The number of rotatable bonds is 4. The summed E-state index contributed by atoms with van der Waals surface area (Å²) in [5, 5.41) is 6.87. The molecule has 1 aromatic heterocycles. The van der Waals surface area contributed by atoms with Crippen molar-refractivity contribution in [1.82, 2.24) is 10.3 Å². The van der Waals surface area contributed by atoms with Crippen LogP contribution in [0.4, 0.5) is 10.1 Å². The smallest absolute Gasteiger partial charge is 0.251 e. The van der Waals surface area contributed by atoms with Crippen molar-refractivity contribution >= 4 is 22.9 Å². The van der Waals surface area contributed by atoms with Gasteiger partial charge in [0.1, 0.15) is 10.8 Å². The first-order valence-electron chi connectivity index (χ1n) is 8.05. The van der Waals surface area contributed by atoms with Crippen molar-refractivity contribution in [3.63, 3.8) is 0 Å². The third-order valence-corrected chi connectivity index (χ3v) is 5.18. The molecule has 2 N–H and O–H groups in total. The normalized spacial score (nSPS) is 13.2. The van der Waals surface area contributed by atoms with E-state index in [1.807, 2.05) is 18.2 Å². The van der Waals surface area contributed by atoms with Crippen LogP contribution < -0.4 is 10.6 Å². The topological polar surface area (TPSA) is 54.0 Å². The van der Waals surface area contributed by atoms with E-state index in [0.717, 1.165) is 28.1 Å². The van der Waals surface area contributed by atoms with E-state index in [-0.39, 0.29) is 11.7 Å². The lowest BCUT2D eigenvalue weighted by Gasteiger charge is -2.17. The van der Waals surface area contributed by atoms with Crippen molar-refractivity contribution in [2.45, 2.75) is 13.0 Å². The average molecular weight is 353 g/mol. The number of fused-ring (bicyclic) bond motifs is 1. The summed E-state index contributed by atoms with van der Waals surface area (Å²) >= 11 is 1.47. The second-order valence-electron chi connectivity index (χ2n) is 5.84. The number of nitrogens with one attached hydrogen (secondary N) is 2. The van der Waals surface area contributed by atoms with Crippen LogP contribution in [-0.2, 0) is 13.0 Å². The Morgan fingerprint density at radius 3 is 2.96 bits per heavy atom. The Morgan fingerprint density at radius 1 is 1.20 bits per heavy atom. The minimum absolute atomic E-state index is 0.00946. The van der Waals surface area contributed by atoms with Crippen molar-refractivity contribution in [2.24, 2.45) is 0 Å². The maximum Gasteiger partial charge on any atom is 0.251 e. The number of carbonyl (C=O) groups is 1. The molecule has 0 saturated heterocycles. The molecule has 1 aliphatic heterocycles. The molecule has 0 unspecified atom stereocenters. The fraction of sp³-hybridized carbons (Fsp3) is 0.158. The van der Waals surface area contributed by atoms with E-state index in [1.165, 1.54) is 17.4 Å². The predicted molar refractivity (Wildman–Crippen MR) is 97.3 cm³/mol. The van der Waals surface area contributed by atoms with Gasteiger partial charge in [0.2, 0.25) is 0 Å². The highest BCUT2D eigenvalue weighted by atomic mass is 32.1. The van der Waals surface area contributed by atoms with Gasteiger partial charge in [0, 0.05) is 34.4 Å². The van der Waals surface area contributed by atoms with E-state index < -0.39 is 0 Å². The van der Waals surface area contributed by atoms with Gasteiger partial charge in [-0.25, -0.2) is 9.37 Å². The summed E-state index contributed by atoms with van der Waals surface area (Å²) in [6.45, 7) is 1.28. The highest BCUT2D eigenvalue weighted by Crippen LogP contribution is 2.28. The number of thiazole rings is 1. The van der Waals surface area contributed by atoms with Crippen LogP contribution in [0, 0.1) is 5.82 Å². The standard InChI is InChI=1S/C19H16FN3OS/c20-17-4-2-1-3-16(17)19-23-11-14(25-19)10-22-13-5-6-15-12(9-13)7-8-21-18(15)24/h1-6,9,11,22H,7-8,10H2,(H,21,24). The zero-order valence-electron chi connectivity index (χ0n) is 13.4. The first-order valence-corrected chi connectivity index (χ1v) is 8.87. The van der Waals surface area contributed by atoms with Crippen molar-refractivity contribution < 1.29 is 9.18 Å². The van der Waals surface area contributed by atoms with Crippen molar-refractivity contribution in [2.75, 3.05) is 11.9 Å². The molecule has 0 atom stereocenters. The van der Waals surface area contributed by atoms with E-state index in [1.54, 1.807) is 24.4 Å². The minimum Gasteiger partial charge on any atom is -0.380 e. The lowest BCUT2D eigenvalue weighted by atomic mass is 10.00. The number of hydrogen-bond donors (Lipinski definition) is 2. The van der Waals surface area contributed by atoms with E-state index in [9.17, 15) is 9.18 Å². The summed E-state index contributed by atoms with van der Waals surface area (Å²) < 4.78 is 13.8. The van der Waals surface area contributed by atoms with Crippen LogP contribution in [0.5, 0.6) is 0 Å². The summed E-state index contributed by atoms with van der Waals surface area (Å²) in [4.78, 5) is 17.1. The molecule has 2 heterocycles. The molecule has 0 spiro atoms. The van der Waals surface area contributed by atoms with E-state index >= 15 is 0 Å². The molecule has 6 heteroatoms. The molecule has 25 heavy (non-hydrogen) atoms. The van der Waals surface area contributed by atoms with Gasteiger partial charge in [-0.1, -0.05) is 12.1 Å². The fourth-order valence-corrected chi connectivity index (χ4v) is 3.75. The Labute approximate surface area is 148 Å². The second-order valence-corrected chi connectivity index (χ2v) is 6.96. The number of nitrogens with zero attached hydrogens (tertiary/aromatic N) is 1. The van der Waals surface area contributed by atoms with Gasteiger partial charge in [0.25, 0.3) is 5.91 Å². The third-order valence-electron chi connectivity index (χ3n) is 4.15. The molecule has 0 saturated carbocycles. The molecule has 4 nitrogen and oxygen atoms in total. The lowest BCUT2D eigenvalue weighted by Crippen LogP contribution is -2.31. The van der Waals surface area contributed by atoms with Crippen LogP contribution >= 0.6 is 11.3 Å². The largest absolute Gasteiger partial charge is 0.380 e. The zero-order chi connectivity index (χ0) is 17.2. The fourth-order valence-electron chi connectivity index (χ4n) is 2.88. The highest BCUT2D eigenvalue weighted by molar-refractivity contribution is 7.15. The van der Waals surface area contributed by atoms with Gasteiger partial charge in [-0.3, -0.25) is 4.79 Å². The molecule has 3 aromatic rings. The Kier molecular flexibility index (Phi) is 4.19. The number of aromatic nitrogens is 1. The third kappa shape index (κ3) is 3.25. The molecule has 126 valence electrons. The van der Waals surface area contributed by atoms with Crippen LogP contribution in [0.15, 0.2) is 48.7 Å². The molecule has 0 fully saturated rings. The van der Waals surface area contributed by atoms with Gasteiger partial charge in [-0.2, -0.15) is 0 Å². The van der Waals surface area contributed by atoms with Gasteiger partial charge in [0.05, 0.1) is 6.54 Å². The number of benzene rings is 2. The molecular weight excluding hydrogens is 337 g/mol. The van der Waals surface area contributed by atoms with Crippen molar-refractivity contribution in [3.05, 3.63) is 70.5 Å². The summed E-state index contributed by atoms with van der Waals surface area (Å²) in [7, 11) is 0. The number of carbonyl (C=O) groups excluding carboxylic acids is 1. The SMILES string of the molecule is O=C1NCCc2cc(NCc3cnc(-c4ccccc4F)s3)ccc21. The van der Waals surface area contributed by atoms with E-state index in [0.29, 0.717) is 23.7 Å². The number of hydrogen-bond acceptors (Lipinski definition) is 4. The van der Waals surface area contributed by atoms with E-state index in [2.05, 4.69) is 15.6 Å². The first kappa shape index (κ1) is 15.8. The second kappa shape index (κ2) is 6.64. The van der Waals surface area contributed by atoms with Gasteiger partial charge in [0.15, 0.2) is 0 Å². The van der Waals surface area contributed by atoms with Gasteiger partial charge in [-0.05, 0) is 42.3 Å². The van der Waals surface area contributed by atoms with Crippen LogP contribution in [-0.4, -0.2) is 17.4 Å².